The van der Waals surface area contributed by atoms with Crippen LogP contribution in [0.15, 0.2) is 0 Å². The van der Waals surface area contributed by atoms with Gasteiger partial charge in [0.1, 0.15) is 0 Å². The van der Waals surface area contributed by atoms with Gasteiger partial charge in [-0.15, -0.1) is 0 Å². The van der Waals surface area contributed by atoms with Gasteiger partial charge in [-0.1, -0.05) is 0 Å². The van der Waals surface area contributed by atoms with Gasteiger partial charge in [-0.05, 0) is 0 Å². The molecule has 0 radical (unpaired) electrons. The first-order valence-electron chi connectivity index (χ1n) is 2.21. The monoisotopic (exact) mass is 129 g/mol. The zero-order valence-corrected chi connectivity index (χ0v) is 4.29. The normalized spacial score (nSPS) is 25.1. The van der Waals surface area contributed by atoms with Crippen molar-refractivity contribution < 1.29 is 19.1 Å². The first-order valence-corrected chi connectivity index (χ1v) is 2.21. The second-order valence-electron chi connectivity index (χ2n) is 1.44. The fourth-order valence-corrected chi connectivity index (χ4v) is 0.448. The number of nitrogens with one attached hydrogen (secondary N) is 1. The summed E-state index contributed by atoms with van der Waals surface area (Å²) in [5, 5.41) is 1.97. The van der Waals surface area contributed by atoms with Gasteiger partial charge in [-0.25, -0.2) is 4.79 Å². The molecule has 0 spiro atoms. The second kappa shape index (κ2) is 1.85. The van der Waals surface area contributed by atoms with E-state index in [1.807, 2.05) is 5.32 Å². The van der Waals surface area contributed by atoms with Gasteiger partial charge >= 0.3 is 11.9 Å². The third-order valence-corrected chi connectivity index (χ3v) is 0.816. The predicted octanol–water partition coefficient (Wildman–Crippen LogP) is -1.82. The molecule has 5 nitrogen and oxygen atoms in total. The van der Waals surface area contributed by atoms with E-state index in [9.17, 15) is 14.4 Å². The Labute approximate surface area is 50.0 Å². The van der Waals surface area contributed by atoms with E-state index in [-0.39, 0.29) is 0 Å². The van der Waals surface area contributed by atoms with Gasteiger partial charge in [0.25, 0.3) is 0 Å². The first-order chi connectivity index (χ1) is 4.24. The summed E-state index contributed by atoms with van der Waals surface area (Å²) in [5.74, 6) is -1.88. The minimum atomic E-state index is -1.08. The van der Waals surface area contributed by atoms with Crippen LogP contribution in [0.2, 0.25) is 0 Å². The third kappa shape index (κ3) is 0.883. The van der Waals surface area contributed by atoms with Crippen LogP contribution in [0.4, 0.5) is 0 Å². The molecule has 0 aromatic carbocycles. The van der Waals surface area contributed by atoms with Gasteiger partial charge in [-0.3, -0.25) is 9.59 Å². The third-order valence-electron chi connectivity index (χ3n) is 0.816. The smallest absolute Gasteiger partial charge is 0.399 e. The minimum Gasteiger partial charge on any atom is -0.427 e. The van der Waals surface area contributed by atoms with Crippen LogP contribution < -0.4 is 5.32 Å². The largest absolute Gasteiger partial charge is 0.427 e. The van der Waals surface area contributed by atoms with Crippen LogP contribution in [-0.4, -0.2) is 24.4 Å². The molecule has 0 saturated carbocycles. The Hall–Kier alpha value is -1.39. The molecule has 1 saturated heterocycles. The standard InChI is InChI=1S/C4H3NO4/c6-1-2-5-3(7)4(8)9-2/h1-2H,(H,5,7). The number of carbonyl (C=O) groups is 3. The lowest BCUT2D eigenvalue weighted by Gasteiger charge is -1.94. The highest BCUT2D eigenvalue weighted by Gasteiger charge is 2.30. The van der Waals surface area contributed by atoms with Crippen LogP contribution in [0.1, 0.15) is 0 Å². The first kappa shape index (κ1) is 5.74. The molecule has 1 fully saturated rings. The van der Waals surface area contributed by atoms with Crippen LogP contribution in [0.3, 0.4) is 0 Å². The lowest BCUT2D eigenvalue weighted by Crippen LogP contribution is -2.27. The van der Waals surface area contributed by atoms with Crippen molar-refractivity contribution in [1.82, 2.24) is 5.32 Å². The highest BCUT2D eigenvalue weighted by molar-refractivity contribution is 6.34. The van der Waals surface area contributed by atoms with E-state index in [4.69, 9.17) is 0 Å². The summed E-state index contributed by atoms with van der Waals surface area (Å²) in [6.07, 6.45) is -0.743. The maximum absolute atomic E-state index is 10.2. The molecule has 1 aliphatic rings. The molecule has 0 bridgehead atoms. The number of rotatable bonds is 1. The summed E-state index contributed by atoms with van der Waals surface area (Å²) >= 11 is 0. The van der Waals surface area contributed by atoms with E-state index in [1.165, 1.54) is 0 Å². The van der Waals surface area contributed by atoms with Crippen molar-refractivity contribution in [2.75, 3.05) is 0 Å². The molecule has 1 heterocycles. The van der Waals surface area contributed by atoms with Gasteiger partial charge in [0.2, 0.25) is 6.23 Å². The van der Waals surface area contributed by atoms with E-state index >= 15 is 0 Å². The van der Waals surface area contributed by atoms with Crippen LogP contribution in [-0.2, 0) is 19.1 Å². The van der Waals surface area contributed by atoms with Gasteiger partial charge in [0, 0.05) is 0 Å². The van der Waals surface area contributed by atoms with E-state index < -0.39 is 18.1 Å². The molecular weight excluding hydrogens is 126 g/mol. The molecule has 1 N–H and O–H groups in total. The molecule has 1 aliphatic heterocycles. The van der Waals surface area contributed by atoms with Crippen molar-refractivity contribution in [3.8, 4) is 0 Å². The number of ether oxygens (including phenoxy) is 1. The Bertz CT molecular complexity index is 159. The number of hydrogen-bond acceptors (Lipinski definition) is 4. The highest BCUT2D eigenvalue weighted by atomic mass is 16.6. The average Bonchev–Trinajstić information content (AvgIpc) is 2.13. The van der Waals surface area contributed by atoms with Crippen molar-refractivity contribution in [3.05, 3.63) is 0 Å². The molecule has 0 aromatic heterocycles. The van der Waals surface area contributed by atoms with Gasteiger partial charge in [0.05, 0.1) is 0 Å². The highest BCUT2D eigenvalue weighted by Crippen LogP contribution is 1.93. The molecule has 5 heteroatoms. The predicted molar refractivity (Wildman–Crippen MR) is 24.1 cm³/mol. The fraction of sp³-hybridized carbons (Fsp3) is 0.250. The van der Waals surface area contributed by atoms with Crippen molar-refractivity contribution in [1.29, 1.82) is 0 Å². The molecule has 0 aromatic rings. The number of esters is 1. The Kier molecular flexibility index (Phi) is 1.18. The lowest BCUT2D eigenvalue weighted by molar-refractivity contribution is -0.149. The summed E-state index contributed by atoms with van der Waals surface area (Å²) in [6, 6.07) is 0. The van der Waals surface area contributed by atoms with Crippen molar-refractivity contribution in [2.24, 2.45) is 0 Å². The van der Waals surface area contributed by atoms with E-state index in [1.54, 1.807) is 0 Å². The number of cyclic esters (lactones) is 1. The van der Waals surface area contributed by atoms with Gasteiger partial charge < -0.3 is 10.1 Å². The molecule has 1 atom stereocenters. The summed E-state index contributed by atoms with van der Waals surface area (Å²) < 4.78 is 4.16. The molecule has 0 aliphatic carbocycles. The van der Waals surface area contributed by atoms with Crippen molar-refractivity contribution >= 4 is 18.2 Å². The summed E-state index contributed by atoms with van der Waals surface area (Å²) in [6.45, 7) is 0. The van der Waals surface area contributed by atoms with Crippen LogP contribution in [0, 0.1) is 0 Å². The molecular formula is C4H3NO4. The molecule has 9 heavy (non-hydrogen) atoms. The SMILES string of the molecule is O=CC1NC(=O)C(=O)O1. The molecule has 1 unspecified atom stereocenters. The Morgan fingerprint density at radius 1 is 1.56 bits per heavy atom. The van der Waals surface area contributed by atoms with E-state index in [0.717, 1.165) is 0 Å². The maximum Gasteiger partial charge on any atom is 0.399 e. The van der Waals surface area contributed by atoms with Crippen molar-refractivity contribution in [2.45, 2.75) is 6.23 Å². The van der Waals surface area contributed by atoms with E-state index in [0.29, 0.717) is 6.29 Å². The maximum atomic E-state index is 10.2. The van der Waals surface area contributed by atoms with Crippen LogP contribution in [0.5, 0.6) is 0 Å². The topological polar surface area (TPSA) is 72.5 Å². The zero-order valence-electron chi connectivity index (χ0n) is 4.29. The second-order valence-corrected chi connectivity index (χ2v) is 1.44. The fourth-order valence-electron chi connectivity index (χ4n) is 0.448. The number of carbonyl (C=O) groups excluding carboxylic acids is 3. The molecule has 48 valence electrons. The number of aldehydes is 1. The summed E-state index contributed by atoms with van der Waals surface area (Å²) in [7, 11) is 0. The number of hydrogen-bond donors (Lipinski definition) is 1. The lowest BCUT2D eigenvalue weighted by atomic mass is 10.6. The van der Waals surface area contributed by atoms with Crippen LogP contribution in [0.25, 0.3) is 0 Å². The summed E-state index contributed by atoms with van der Waals surface area (Å²) in [5.41, 5.74) is 0. The van der Waals surface area contributed by atoms with E-state index in [2.05, 4.69) is 4.74 Å². The quantitative estimate of drug-likeness (QED) is 0.257. The van der Waals surface area contributed by atoms with Crippen LogP contribution >= 0.6 is 0 Å². The number of amides is 1. The average molecular weight is 129 g/mol. The zero-order chi connectivity index (χ0) is 6.85. The molecule has 1 amide bonds. The summed E-state index contributed by atoms with van der Waals surface area (Å²) in [4.78, 5) is 30.2. The molecule has 1 rings (SSSR count). The van der Waals surface area contributed by atoms with Gasteiger partial charge in [-0.2, -0.15) is 0 Å². The Balaban J connectivity index is 2.64. The minimum absolute atomic E-state index is 0.336. The van der Waals surface area contributed by atoms with Gasteiger partial charge in [0.15, 0.2) is 6.29 Å². The Morgan fingerprint density at radius 3 is 2.44 bits per heavy atom. The Morgan fingerprint density at radius 2 is 2.22 bits per heavy atom. The van der Waals surface area contributed by atoms with Crippen molar-refractivity contribution in [3.63, 3.8) is 0 Å².